The van der Waals surface area contributed by atoms with Crippen LogP contribution >= 0.6 is 0 Å². The zero-order valence-corrected chi connectivity index (χ0v) is 21.3. The number of nitrogens with one attached hydrogen (secondary N) is 1. The minimum Gasteiger partial charge on any atom is -0.339 e. The quantitative estimate of drug-likeness (QED) is 0.471. The molecule has 0 unspecified atom stereocenters. The second kappa shape index (κ2) is 11.2. The van der Waals surface area contributed by atoms with Crippen LogP contribution < -0.4 is 9.62 Å². The molecule has 0 fully saturated rings. The SMILES string of the molecule is CCN(CC)C(=O)c1ccccc1NC(=O)CN(c1ccccc1C)S(=O)(=O)c1ccc(C)cc1. The lowest BCUT2D eigenvalue weighted by atomic mass is 10.1. The fraction of sp³-hybridized carbons (Fsp3) is 0.259. The second-order valence-corrected chi connectivity index (χ2v) is 10.0. The number of carbonyl (C=O) groups excluding carboxylic acids is 2. The van der Waals surface area contributed by atoms with Crippen LogP contribution in [0, 0.1) is 13.8 Å². The first-order chi connectivity index (χ1) is 16.7. The van der Waals surface area contributed by atoms with Crippen LogP contribution in [0.5, 0.6) is 0 Å². The van der Waals surface area contributed by atoms with E-state index in [2.05, 4.69) is 5.32 Å². The van der Waals surface area contributed by atoms with Gasteiger partial charge in [-0.05, 0) is 63.6 Å². The molecule has 35 heavy (non-hydrogen) atoms. The van der Waals surface area contributed by atoms with Crippen LogP contribution in [-0.4, -0.2) is 44.8 Å². The van der Waals surface area contributed by atoms with E-state index >= 15 is 0 Å². The zero-order chi connectivity index (χ0) is 25.6. The van der Waals surface area contributed by atoms with Crippen molar-refractivity contribution >= 4 is 33.2 Å². The molecule has 0 aliphatic heterocycles. The van der Waals surface area contributed by atoms with Gasteiger partial charge in [-0.15, -0.1) is 0 Å². The van der Waals surface area contributed by atoms with E-state index in [-0.39, 0.29) is 10.8 Å². The predicted molar refractivity (Wildman–Crippen MR) is 139 cm³/mol. The van der Waals surface area contributed by atoms with E-state index < -0.39 is 22.5 Å². The fourth-order valence-corrected chi connectivity index (χ4v) is 5.25. The van der Waals surface area contributed by atoms with E-state index in [0.29, 0.717) is 35.6 Å². The molecule has 1 N–H and O–H groups in total. The van der Waals surface area contributed by atoms with E-state index in [9.17, 15) is 18.0 Å². The van der Waals surface area contributed by atoms with E-state index in [1.54, 1.807) is 66.4 Å². The Balaban J connectivity index is 1.96. The third kappa shape index (κ3) is 5.89. The monoisotopic (exact) mass is 493 g/mol. The number of sulfonamides is 1. The maximum Gasteiger partial charge on any atom is 0.264 e. The molecule has 3 aromatic carbocycles. The van der Waals surface area contributed by atoms with Gasteiger partial charge in [-0.1, -0.05) is 48.0 Å². The molecule has 0 saturated carbocycles. The Bertz CT molecular complexity index is 1300. The second-order valence-electron chi connectivity index (χ2n) is 8.18. The zero-order valence-electron chi connectivity index (χ0n) is 20.5. The molecule has 0 saturated heterocycles. The predicted octanol–water partition coefficient (Wildman–Crippen LogP) is 4.62. The Kier molecular flexibility index (Phi) is 8.30. The van der Waals surface area contributed by atoms with E-state index in [1.807, 2.05) is 26.8 Å². The van der Waals surface area contributed by atoms with Crippen molar-refractivity contribution in [3.63, 3.8) is 0 Å². The van der Waals surface area contributed by atoms with Gasteiger partial charge >= 0.3 is 0 Å². The molecule has 3 aromatic rings. The number of hydrogen-bond donors (Lipinski definition) is 1. The van der Waals surface area contributed by atoms with Crippen LogP contribution in [0.3, 0.4) is 0 Å². The largest absolute Gasteiger partial charge is 0.339 e. The maximum atomic E-state index is 13.6. The van der Waals surface area contributed by atoms with Gasteiger partial charge in [-0.3, -0.25) is 13.9 Å². The molecule has 8 heteroatoms. The van der Waals surface area contributed by atoms with Crippen molar-refractivity contribution in [3.8, 4) is 0 Å². The summed E-state index contributed by atoms with van der Waals surface area (Å²) in [6.45, 7) is 8.07. The normalized spacial score (nSPS) is 11.1. The number of benzene rings is 3. The molecule has 0 aliphatic carbocycles. The summed E-state index contributed by atoms with van der Waals surface area (Å²) in [6.07, 6.45) is 0. The summed E-state index contributed by atoms with van der Waals surface area (Å²) < 4.78 is 28.3. The topological polar surface area (TPSA) is 86.8 Å². The molecule has 0 aromatic heterocycles. The van der Waals surface area contributed by atoms with Crippen LogP contribution in [-0.2, 0) is 14.8 Å². The number of hydrogen-bond acceptors (Lipinski definition) is 4. The Hall–Kier alpha value is -3.65. The third-order valence-electron chi connectivity index (χ3n) is 5.76. The van der Waals surface area contributed by atoms with Gasteiger partial charge in [0.05, 0.1) is 21.8 Å². The lowest BCUT2D eigenvalue weighted by Crippen LogP contribution is -2.39. The maximum absolute atomic E-state index is 13.6. The summed E-state index contributed by atoms with van der Waals surface area (Å²) in [5.41, 5.74) is 2.75. The average Bonchev–Trinajstić information content (AvgIpc) is 2.84. The first-order valence-electron chi connectivity index (χ1n) is 11.5. The summed E-state index contributed by atoms with van der Waals surface area (Å²) in [5.74, 6) is -0.752. The number of nitrogens with zero attached hydrogens (tertiary/aromatic N) is 2. The van der Waals surface area contributed by atoms with E-state index in [1.165, 1.54) is 12.1 Å². The van der Waals surface area contributed by atoms with E-state index in [4.69, 9.17) is 0 Å². The van der Waals surface area contributed by atoms with Crippen LogP contribution in [0.25, 0.3) is 0 Å². The third-order valence-corrected chi connectivity index (χ3v) is 7.54. The van der Waals surface area contributed by atoms with Gasteiger partial charge in [0.1, 0.15) is 6.54 Å². The highest BCUT2D eigenvalue weighted by Gasteiger charge is 2.28. The minimum atomic E-state index is -4.03. The van der Waals surface area contributed by atoms with Crippen molar-refractivity contribution in [1.82, 2.24) is 4.90 Å². The fourth-order valence-electron chi connectivity index (χ4n) is 3.76. The molecule has 2 amide bonds. The van der Waals surface area contributed by atoms with E-state index in [0.717, 1.165) is 9.87 Å². The molecule has 0 bridgehead atoms. The van der Waals surface area contributed by atoms with Crippen molar-refractivity contribution in [1.29, 1.82) is 0 Å². The Morgan fingerprint density at radius 3 is 2.06 bits per heavy atom. The summed E-state index contributed by atoms with van der Waals surface area (Å²) in [7, 11) is -4.03. The van der Waals surface area contributed by atoms with Gasteiger partial charge in [0.2, 0.25) is 5.91 Å². The Morgan fingerprint density at radius 1 is 0.829 bits per heavy atom. The Morgan fingerprint density at radius 2 is 1.43 bits per heavy atom. The molecular weight excluding hydrogens is 462 g/mol. The first kappa shape index (κ1) is 26.0. The summed E-state index contributed by atoms with van der Waals surface area (Å²) in [5, 5.41) is 2.75. The van der Waals surface area contributed by atoms with Crippen molar-refractivity contribution in [3.05, 3.63) is 89.5 Å². The highest BCUT2D eigenvalue weighted by molar-refractivity contribution is 7.92. The highest BCUT2D eigenvalue weighted by Crippen LogP contribution is 2.27. The van der Waals surface area contributed by atoms with Gasteiger partial charge in [0.15, 0.2) is 0 Å². The lowest BCUT2D eigenvalue weighted by molar-refractivity contribution is -0.114. The minimum absolute atomic E-state index is 0.0938. The van der Waals surface area contributed by atoms with Crippen LogP contribution in [0.4, 0.5) is 11.4 Å². The number of amides is 2. The van der Waals surface area contributed by atoms with Crippen molar-refractivity contribution in [2.24, 2.45) is 0 Å². The van der Waals surface area contributed by atoms with Crippen LogP contribution in [0.1, 0.15) is 35.3 Å². The number of aryl methyl sites for hydroxylation is 2. The van der Waals surface area contributed by atoms with Gasteiger partial charge in [0, 0.05) is 13.1 Å². The van der Waals surface area contributed by atoms with Gasteiger partial charge in [-0.2, -0.15) is 0 Å². The standard InChI is InChI=1S/C27H31N3O4S/c1-5-29(6-2)27(32)23-12-8-9-13-24(23)28-26(31)19-30(25-14-10-7-11-21(25)4)35(33,34)22-17-15-20(3)16-18-22/h7-18H,5-6,19H2,1-4H3,(H,28,31). The Labute approximate surface area is 207 Å². The van der Waals surface area contributed by atoms with Gasteiger partial charge in [-0.25, -0.2) is 8.42 Å². The average molecular weight is 494 g/mol. The lowest BCUT2D eigenvalue weighted by Gasteiger charge is -2.26. The molecule has 0 heterocycles. The molecule has 0 spiro atoms. The molecular formula is C27H31N3O4S. The summed E-state index contributed by atoms with van der Waals surface area (Å²) >= 11 is 0. The number of carbonyl (C=O) groups is 2. The van der Waals surface area contributed by atoms with Crippen molar-refractivity contribution in [2.75, 3.05) is 29.3 Å². The molecule has 3 rings (SSSR count). The molecule has 184 valence electrons. The molecule has 0 atom stereocenters. The van der Waals surface area contributed by atoms with Crippen molar-refractivity contribution in [2.45, 2.75) is 32.6 Å². The first-order valence-corrected chi connectivity index (χ1v) is 13.0. The molecule has 7 nitrogen and oxygen atoms in total. The highest BCUT2D eigenvalue weighted by atomic mass is 32.2. The number of anilines is 2. The molecule has 0 aliphatic rings. The van der Waals surface area contributed by atoms with Gasteiger partial charge in [0.25, 0.3) is 15.9 Å². The smallest absolute Gasteiger partial charge is 0.264 e. The number of para-hydroxylation sites is 2. The van der Waals surface area contributed by atoms with Crippen molar-refractivity contribution < 1.29 is 18.0 Å². The summed E-state index contributed by atoms with van der Waals surface area (Å²) in [4.78, 5) is 27.9. The summed E-state index contributed by atoms with van der Waals surface area (Å²) in [6, 6.07) is 20.3. The molecule has 0 radical (unpaired) electrons. The van der Waals surface area contributed by atoms with Gasteiger partial charge < -0.3 is 10.2 Å². The van der Waals surface area contributed by atoms with Crippen LogP contribution in [0.2, 0.25) is 0 Å². The van der Waals surface area contributed by atoms with Crippen LogP contribution in [0.15, 0.2) is 77.7 Å². The number of rotatable bonds is 9.